The first-order valence-electron chi connectivity index (χ1n) is 9.34. The number of aryl methyl sites for hydroxylation is 2. The van der Waals surface area contributed by atoms with Gasteiger partial charge in [-0.2, -0.15) is 4.98 Å². The van der Waals surface area contributed by atoms with E-state index >= 15 is 0 Å². The van der Waals surface area contributed by atoms with Crippen molar-refractivity contribution in [2.45, 2.75) is 13.5 Å². The monoisotopic (exact) mass is 413 g/mol. The van der Waals surface area contributed by atoms with E-state index < -0.39 is 11.2 Å². The van der Waals surface area contributed by atoms with Crippen molar-refractivity contribution in [1.29, 1.82) is 0 Å². The number of nitrogens with zero attached hydrogens (tertiary/aromatic N) is 5. The van der Waals surface area contributed by atoms with Crippen LogP contribution in [0, 0.1) is 6.92 Å². The summed E-state index contributed by atoms with van der Waals surface area (Å²) in [6.45, 7) is 2.32. The minimum absolute atomic E-state index is 0.161. The van der Waals surface area contributed by atoms with Crippen LogP contribution in [0.15, 0.2) is 34.0 Å². The van der Waals surface area contributed by atoms with Crippen molar-refractivity contribution in [3.63, 3.8) is 0 Å². The number of aromatic nitrogens is 5. The smallest absolute Gasteiger partial charge is 0.332 e. The highest BCUT2D eigenvalue weighted by molar-refractivity contribution is 5.77. The number of imidazole rings is 2. The second kappa shape index (κ2) is 7.38. The average molecular weight is 413 g/mol. The van der Waals surface area contributed by atoms with Crippen LogP contribution in [0.2, 0.25) is 0 Å². The van der Waals surface area contributed by atoms with Gasteiger partial charge < -0.3 is 14.2 Å². The molecule has 0 saturated heterocycles. The molecule has 0 aliphatic heterocycles. The number of fused-ring (bicyclic) bond motifs is 3. The maximum absolute atomic E-state index is 13.1. The summed E-state index contributed by atoms with van der Waals surface area (Å²) in [5.41, 5.74) is 1.34. The van der Waals surface area contributed by atoms with E-state index in [-0.39, 0.29) is 13.2 Å². The van der Waals surface area contributed by atoms with Crippen molar-refractivity contribution >= 4 is 16.9 Å². The Morgan fingerprint density at radius 3 is 2.53 bits per heavy atom. The molecule has 0 atom stereocenters. The summed E-state index contributed by atoms with van der Waals surface area (Å²) in [7, 11) is 6.30. The van der Waals surface area contributed by atoms with Gasteiger partial charge in [-0.05, 0) is 19.1 Å². The molecule has 0 spiro atoms. The third-order valence-corrected chi connectivity index (χ3v) is 5.17. The largest absolute Gasteiger partial charge is 0.497 e. The molecule has 0 unspecified atom stereocenters. The van der Waals surface area contributed by atoms with Crippen LogP contribution in [-0.2, 0) is 18.3 Å². The Morgan fingerprint density at radius 1 is 1.10 bits per heavy atom. The van der Waals surface area contributed by atoms with E-state index in [1.807, 2.05) is 23.8 Å². The van der Waals surface area contributed by atoms with Crippen LogP contribution in [0.5, 0.6) is 11.5 Å². The lowest BCUT2D eigenvalue weighted by Crippen LogP contribution is -2.40. The van der Waals surface area contributed by atoms with Gasteiger partial charge in [-0.25, -0.2) is 4.79 Å². The molecule has 0 bridgehead atoms. The number of rotatable bonds is 6. The summed E-state index contributed by atoms with van der Waals surface area (Å²) in [5.74, 6) is 1.77. The van der Waals surface area contributed by atoms with Crippen LogP contribution in [0.4, 0.5) is 0 Å². The molecule has 0 saturated carbocycles. The molecule has 0 fully saturated rings. The van der Waals surface area contributed by atoms with E-state index in [9.17, 15) is 9.59 Å². The molecule has 10 heteroatoms. The van der Waals surface area contributed by atoms with Gasteiger partial charge in [0.2, 0.25) is 5.78 Å². The lowest BCUT2D eigenvalue weighted by molar-refractivity contribution is 0.184. The third-order valence-electron chi connectivity index (χ3n) is 5.17. The van der Waals surface area contributed by atoms with E-state index in [1.54, 1.807) is 37.8 Å². The molecule has 30 heavy (non-hydrogen) atoms. The highest BCUT2D eigenvalue weighted by Crippen LogP contribution is 2.31. The van der Waals surface area contributed by atoms with Gasteiger partial charge in [-0.3, -0.25) is 22.9 Å². The summed E-state index contributed by atoms with van der Waals surface area (Å²) < 4.78 is 22.0. The highest BCUT2D eigenvalue weighted by atomic mass is 16.5. The first-order valence-corrected chi connectivity index (χ1v) is 9.34. The number of hydrogen-bond donors (Lipinski definition) is 0. The normalized spacial score (nSPS) is 11.5. The summed E-state index contributed by atoms with van der Waals surface area (Å²) in [6.07, 6.45) is 1.82. The Balaban J connectivity index is 2.09. The summed E-state index contributed by atoms with van der Waals surface area (Å²) in [4.78, 5) is 30.5. The van der Waals surface area contributed by atoms with Crippen LogP contribution < -0.4 is 20.7 Å². The number of benzene rings is 1. The van der Waals surface area contributed by atoms with Gasteiger partial charge in [0, 0.05) is 32.1 Å². The molecule has 3 heterocycles. The zero-order valence-corrected chi connectivity index (χ0v) is 17.5. The van der Waals surface area contributed by atoms with E-state index in [2.05, 4.69) is 4.98 Å². The van der Waals surface area contributed by atoms with Crippen molar-refractivity contribution in [1.82, 2.24) is 23.1 Å². The van der Waals surface area contributed by atoms with E-state index in [1.165, 1.54) is 16.2 Å². The zero-order chi connectivity index (χ0) is 21.6. The molecule has 0 radical (unpaired) electrons. The predicted molar refractivity (Wildman–Crippen MR) is 111 cm³/mol. The SMILES string of the molecule is COCCn1c(=O)c2c(nc3n(-c4cc(OC)ccc4OC)c(C)cn23)n(C)c1=O. The van der Waals surface area contributed by atoms with Gasteiger partial charge in [0.15, 0.2) is 11.2 Å². The molecular weight excluding hydrogens is 390 g/mol. The van der Waals surface area contributed by atoms with Gasteiger partial charge in [0.25, 0.3) is 5.56 Å². The Morgan fingerprint density at radius 2 is 1.87 bits per heavy atom. The van der Waals surface area contributed by atoms with Crippen LogP contribution in [0.3, 0.4) is 0 Å². The topological polar surface area (TPSA) is 93.9 Å². The molecule has 0 aliphatic carbocycles. The summed E-state index contributed by atoms with van der Waals surface area (Å²) in [5, 5.41) is 0. The van der Waals surface area contributed by atoms with Gasteiger partial charge in [0.1, 0.15) is 11.5 Å². The molecule has 4 rings (SSSR count). The van der Waals surface area contributed by atoms with Crippen LogP contribution >= 0.6 is 0 Å². The Kier molecular flexibility index (Phi) is 4.86. The molecular formula is C20H23N5O5. The fourth-order valence-corrected chi connectivity index (χ4v) is 3.66. The van der Waals surface area contributed by atoms with Crippen molar-refractivity contribution in [3.8, 4) is 17.2 Å². The van der Waals surface area contributed by atoms with E-state index in [4.69, 9.17) is 14.2 Å². The number of methoxy groups -OCH3 is 3. The number of ether oxygens (including phenoxy) is 3. The molecule has 4 aromatic rings. The zero-order valence-electron chi connectivity index (χ0n) is 17.5. The van der Waals surface area contributed by atoms with Gasteiger partial charge in [-0.15, -0.1) is 0 Å². The molecule has 0 amide bonds. The Bertz CT molecular complexity index is 1370. The average Bonchev–Trinajstić information content (AvgIpc) is 3.26. The second-order valence-electron chi connectivity index (χ2n) is 6.89. The molecule has 158 valence electrons. The fraction of sp³-hybridized carbons (Fsp3) is 0.350. The van der Waals surface area contributed by atoms with Gasteiger partial charge >= 0.3 is 5.69 Å². The molecule has 0 N–H and O–H groups in total. The minimum atomic E-state index is -0.437. The lowest BCUT2D eigenvalue weighted by Gasteiger charge is -2.12. The third kappa shape index (κ3) is 2.79. The van der Waals surface area contributed by atoms with Crippen molar-refractivity contribution in [3.05, 3.63) is 50.9 Å². The first kappa shape index (κ1) is 19.8. The minimum Gasteiger partial charge on any atom is -0.497 e. The molecule has 0 aliphatic rings. The van der Waals surface area contributed by atoms with Gasteiger partial charge in [-0.1, -0.05) is 0 Å². The Hall–Kier alpha value is -3.53. The van der Waals surface area contributed by atoms with Crippen LogP contribution in [-0.4, -0.2) is 51.0 Å². The van der Waals surface area contributed by atoms with E-state index in [0.29, 0.717) is 34.1 Å². The van der Waals surface area contributed by atoms with Crippen molar-refractivity contribution in [2.75, 3.05) is 27.9 Å². The van der Waals surface area contributed by atoms with E-state index in [0.717, 1.165) is 5.69 Å². The fourth-order valence-electron chi connectivity index (χ4n) is 3.66. The summed E-state index contributed by atoms with van der Waals surface area (Å²) in [6, 6.07) is 5.44. The van der Waals surface area contributed by atoms with Crippen molar-refractivity contribution < 1.29 is 14.2 Å². The highest BCUT2D eigenvalue weighted by Gasteiger charge is 2.22. The Labute approximate surface area is 171 Å². The standard InChI is InChI=1S/C20H23N5O5/c1-12-11-24-16-17(22(2)20(27)23(18(16)26)8-9-28-3)21-19(24)25(12)14-10-13(29-4)6-7-15(14)30-5/h6-7,10-11H,8-9H2,1-5H3. The first-order chi connectivity index (χ1) is 14.4. The predicted octanol–water partition coefficient (Wildman–Crippen LogP) is 1.11. The lowest BCUT2D eigenvalue weighted by atomic mass is 10.2. The maximum atomic E-state index is 13.1. The van der Waals surface area contributed by atoms with Gasteiger partial charge in [0.05, 0.1) is 33.1 Å². The van der Waals surface area contributed by atoms with Crippen LogP contribution in [0.1, 0.15) is 5.69 Å². The molecule has 3 aromatic heterocycles. The van der Waals surface area contributed by atoms with Crippen molar-refractivity contribution in [2.24, 2.45) is 7.05 Å². The maximum Gasteiger partial charge on any atom is 0.332 e. The second-order valence-corrected chi connectivity index (χ2v) is 6.89. The molecule has 10 nitrogen and oxygen atoms in total. The number of hydrogen-bond acceptors (Lipinski definition) is 6. The summed E-state index contributed by atoms with van der Waals surface area (Å²) >= 11 is 0. The quantitative estimate of drug-likeness (QED) is 0.470. The molecule has 1 aromatic carbocycles. The van der Waals surface area contributed by atoms with Crippen LogP contribution in [0.25, 0.3) is 22.6 Å².